The fraction of sp³-hybridized carbons (Fsp3) is 0.362. The predicted molar refractivity (Wildman–Crippen MR) is 234 cm³/mol. The highest BCUT2D eigenvalue weighted by molar-refractivity contribution is 5.98. The second-order valence-electron chi connectivity index (χ2n) is 17.7. The molecule has 320 valence electrons. The fourth-order valence-corrected chi connectivity index (χ4v) is 7.48. The number of nitrogens with one attached hydrogen (secondary N) is 6. The molecule has 4 aromatic carbocycles. The minimum atomic E-state index is -1.42. The number of aliphatic hydroxyl groups is 2. The van der Waals surface area contributed by atoms with Crippen LogP contribution in [0.15, 0.2) is 109 Å². The molecule has 0 saturated carbocycles. The number of H-pyrrole nitrogens is 2. The summed E-state index contributed by atoms with van der Waals surface area (Å²) in [5, 5.41) is 35.4. The highest BCUT2D eigenvalue weighted by Crippen LogP contribution is 2.26. The second kappa shape index (κ2) is 18.9. The zero-order valence-corrected chi connectivity index (χ0v) is 35.4. The first-order valence-corrected chi connectivity index (χ1v) is 20.5. The van der Waals surface area contributed by atoms with Crippen molar-refractivity contribution in [2.45, 2.75) is 84.7 Å². The van der Waals surface area contributed by atoms with Crippen molar-refractivity contribution < 1.29 is 29.4 Å². The molecule has 0 unspecified atom stereocenters. The van der Waals surface area contributed by atoms with Gasteiger partial charge in [-0.15, -0.1) is 0 Å². The third kappa shape index (κ3) is 11.1. The van der Waals surface area contributed by atoms with Crippen molar-refractivity contribution in [2.75, 3.05) is 6.61 Å². The Bertz CT molecular complexity index is 2370. The highest BCUT2D eigenvalue weighted by Gasteiger charge is 2.41. The molecule has 2 aromatic heterocycles. The molecule has 0 aliphatic carbocycles. The molecule has 4 amide bonds. The summed E-state index contributed by atoms with van der Waals surface area (Å²) in [5.41, 5.74) is 2.60. The number of aromatic amines is 2. The molecule has 0 fully saturated rings. The minimum absolute atomic E-state index is 0.0475. The molecule has 2 heterocycles. The fourth-order valence-electron chi connectivity index (χ4n) is 7.48. The Kier molecular flexibility index (Phi) is 13.7. The number of benzene rings is 4. The third-order valence-corrected chi connectivity index (χ3v) is 10.8. The molecule has 6 atom stereocenters. The number of rotatable bonds is 16. The monoisotopic (exact) mass is 828 g/mol. The lowest BCUT2D eigenvalue weighted by Crippen LogP contribution is -2.61. The summed E-state index contributed by atoms with van der Waals surface area (Å²) in [7, 11) is 0. The number of aromatic nitrogens is 4. The Morgan fingerprint density at radius 1 is 0.557 bits per heavy atom. The number of carbonyl (C=O) groups excluding carboxylic acids is 4. The number of imidazole rings is 2. The van der Waals surface area contributed by atoms with Crippen LogP contribution in [-0.2, 0) is 22.4 Å². The molecule has 14 nitrogen and oxygen atoms in total. The van der Waals surface area contributed by atoms with Gasteiger partial charge in [-0.3, -0.25) is 19.2 Å². The van der Waals surface area contributed by atoms with E-state index in [1.807, 2.05) is 126 Å². The number of carbonyl (C=O) groups is 4. The number of aliphatic hydroxyl groups excluding tert-OH is 2. The maximum absolute atomic E-state index is 14.5. The Morgan fingerprint density at radius 2 is 0.934 bits per heavy atom. The molecule has 0 bridgehead atoms. The SMILES string of the molecule is CC(C)(C)[C@H](NC(=O)c1nc2ccccc2[nH]1)C(=O)N[C@@H](Cc1ccccc1)[C@@H](O)[C@H](CO)[C@H](Cc1ccccc1)NC(=O)[C@@H](NC(=O)c1nc2ccccc2[nH]1)C(C)(C)C. The van der Waals surface area contributed by atoms with Gasteiger partial charge in [-0.25, -0.2) is 9.97 Å². The quantitative estimate of drug-likeness (QED) is 0.0674. The van der Waals surface area contributed by atoms with Crippen LogP contribution in [0.1, 0.15) is 73.9 Å². The average Bonchev–Trinajstić information content (AvgIpc) is 3.87. The number of hydrogen-bond acceptors (Lipinski definition) is 8. The van der Waals surface area contributed by atoms with Crippen molar-refractivity contribution in [2.24, 2.45) is 16.7 Å². The molecule has 8 N–H and O–H groups in total. The van der Waals surface area contributed by atoms with Crippen molar-refractivity contribution in [1.29, 1.82) is 0 Å². The minimum Gasteiger partial charge on any atom is -0.396 e. The standard InChI is InChI=1S/C47H56N8O6/c1-46(2,3)38(54-44(60)40-48-31-21-13-14-22-32(31)49-40)42(58)52-35(25-28-17-9-7-10-18-28)30(27-56)37(57)36(26-29-19-11-8-12-20-29)53-43(59)39(47(4,5)6)55-45(61)41-50-33-23-15-16-24-34(33)51-41/h7-24,30,35-39,56-57H,25-27H2,1-6H3,(H,48,49)(H,50,51)(H,52,58)(H,53,59)(H,54,60)(H,55,61)/t30-,35+,36+,37+,38-,39-/m1/s1. The van der Waals surface area contributed by atoms with E-state index >= 15 is 0 Å². The van der Waals surface area contributed by atoms with Gasteiger partial charge in [-0.2, -0.15) is 0 Å². The second-order valence-corrected chi connectivity index (χ2v) is 17.7. The smallest absolute Gasteiger partial charge is 0.287 e. The highest BCUT2D eigenvalue weighted by atomic mass is 16.3. The van der Waals surface area contributed by atoms with Crippen LogP contribution in [0.3, 0.4) is 0 Å². The van der Waals surface area contributed by atoms with Crippen molar-refractivity contribution in [1.82, 2.24) is 41.2 Å². The van der Waals surface area contributed by atoms with E-state index in [-0.39, 0.29) is 24.5 Å². The third-order valence-electron chi connectivity index (χ3n) is 10.8. The van der Waals surface area contributed by atoms with E-state index in [9.17, 15) is 29.4 Å². The average molecular weight is 829 g/mol. The zero-order valence-electron chi connectivity index (χ0n) is 35.4. The summed E-state index contributed by atoms with van der Waals surface area (Å²) >= 11 is 0. The maximum atomic E-state index is 14.5. The Hall–Kier alpha value is -6.38. The van der Waals surface area contributed by atoms with E-state index in [2.05, 4.69) is 41.2 Å². The van der Waals surface area contributed by atoms with Crippen LogP contribution in [0.5, 0.6) is 0 Å². The van der Waals surface area contributed by atoms with Gasteiger partial charge in [0, 0.05) is 12.0 Å². The molecular weight excluding hydrogens is 773 g/mol. The summed E-state index contributed by atoms with van der Waals surface area (Å²) < 4.78 is 0. The largest absolute Gasteiger partial charge is 0.396 e. The van der Waals surface area contributed by atoms with E-state index in [4.69, 9.17) is 0 Å². The van der Waals surface area contributed by atoms with Gasteiger partial charge in [0.25, 0.3) is 11.8 Å². The number of para-hydroxylation sites is 4. The molecule has 0 aliphatic rings. The van der Waals surface area contributed by atoms with E-state index in [1.54, 1.807) is 24.3 Å². The molecular formula is C47H56N8O6. The van der Waals surface area contributed by atoms with Crippen LogP contribution >= 0.6 is 0 Å². The zero-order chi connectivity index (χ0) is 43.9. The van der Waals surface area contributed by atoms with Gasteiger partial charge in [-0.1, -0.05) is 126 Å². The number of hydrogen-bond donors (Lipinski definition) is 8. The van der Waals surface area contributed by atoms with Crippen LogP contribution in [-0.4, -0.2) is 90.7 Å². The van der Waals surface area contributed by atoms with Gasteiger partial charge in [0.15, 0.2) is 11.6 Å². The van der Waals surface area contributed by atoms with Gasteiger partial charge in [0.05, 0.1) is 40.8 Å². The normalized spacial score (nSPS) is 15.0. The first-order chi connectivity index (χ1) is 29.0. The maximum Gasteiger partial charge on any atom is 0.287 e. The van der Waals surface area contributed by atoms with Crippen LogP contribution in [0.2, 0.25) is 0 Å². The Balaban J connectivity index is 1.28. The summed E-state index contributed by atoms with van der Waals surface area (Å²) in [4.78, 5) is 70.9. The van der Waals surface area contributed by atoms with Crippen molar-refractivity contribution in [3.05, 3.63) is 132 Å². The first-order valence-electron chi connectivity index (χ1n) is 20.5. The lowest BCUT2D eigenvalue weighted by molar-refractivity contribution is -0.129. The van der Waals surface area contributed by atoms with Gasteiger partial charge in [-0.05, 0) is 59.1 Å². The van der Waals surface area contributed by atoms with Crippen LogP contribution in [0.25, 0.3) is 22.1 Å². The summed E-state index contributed by atoms with van der Waals surface area (Å²) in [6, 6.07) is 29.0. The van der Waals surface area contributed by atoms with E-state index in [0.29, 0.717) is 22.1 Å². The number of fused-ring (bicyclic) bond motifs is 2. The molecule has 0 spiro atoms. The topological polar surface area (TPSA) is 214 Å². The molecule has 0 saturated heterocycles. The lowest BCUT2D eigenvalue weighted by Gasteiger charge is -2.38. The van der Waals surface area contributed by atoms with Crippen LogP contribution < -0.4 is 21.3 Å². The molecule has 6 aromatic rings. The Labute approximate surface area is 355 Å². The van der Waals surface area contributed by atoms with Crippen molar-refractivity contribution >= 4 is 45.7 Å². The van der Waals surface area contributed by atoms with Crippen molar-refractivity contribution in [3.8, 4) is 0 Å². The van der Waals surface area contributed by atoms with Gasteiger partial charge in [0.2, 0.25) is 11.8 Å². The van der Waals surface area contributed by atoms with Crippen LogP contribution in [0.4, 0.5) is 0 Å². The van der Waals surface area contributed by atoms with Crippen LogP contribution in [0, 0.1) is 16.7 Å². The number of amides is 4. The molecule has 0 radical (unpaired) electrons. The van der Waals surface area contributed by atoms with E-state index in [0.717, 1.165) is 11.1 Å². The van der Waals surface area contributed by atoms with E-state index < -0.39 is 77.3 Å². The first kappa shape index (κ1) is 44.2. The van der Waals surface area contributed by atoms with E-state index in [1.165, 1.54) is 0 Å². The Morgan fingerprint density at radius 3 is 1.33 bits per heavy atom. The molecule has 61 heavy (non-hydrogen) atoms. The van der Waals surface area contributed by atoms with Gasteiger partial charge in [0.1, 0.15) is 12.1 Å². The van der Waals surface area contributed by atoms with Gasteiger partial charge < -0.3 is 41.4 Å². The molecule has 0 aliphatic heterocycles. The summed E-state index contributed by atoms with van der Waals surface area (Å²) in [5.74, 6) is -3.17. The van der Waals surface area contributed by atoms with Gasteiger partial charge >= 0.3 is 0 Å². The molecule has 6 rings (SSSR count). The molecule has 14 heteroatoms. The number of nitrogens with zero attached hydrogens (tertiary/aromatic N) is 2. The summed E-state index contributed by atoms with van der Waals surface area (Å²) in [6.45, 7) is 10.4. The predicted octanol–water partition coefficient (Wildman–Crippen LogP) is 4.85. The van der Waals surface area contributed by atoms with Crippen molar-refractivity contribution in [3.63, 3.8) is 0 Å². The lowest BCUT2D eigenvalue weighted by atomic mass is 9.82. The summed E-state index contributed by atoms with van der Waals surface area (Å²) in [6.07, 6.45) is -1.07.